The molecule has 3 rings (SSSR count). The molecule has 1 N–H and O–H groups in total. The highest BCUT2D eigenvalue weighted by atomic mass is 32.1. The molecule has 0 spiro atoms. The van der Waals surface area contributed by atoms with Crippen molar-refractivity contribution in [1.82, 2.24) is 5.32 Å². The summed E-state index contributed by atoms with van der Waals surface area (Å²) in [5.41, 5.74) is 0.463. The number of thiophene rings is 1. The summed E-state index contributed by atoms with van der Waals surface area (Å²) in [5.74, 6) is 2.53. The molecule has 2 saturated carbocycles. The third-order valence-electron chi connectivity index (χ3n) is 5.37. The lowest BCUT2D eigenvalue weighted by Gasteiger charge is -2.42. The summed E-state index contributed by atoms with van der Waals surface area (Å²) in [6.45, 7) is 8.51. The Hall–Kier alpha value is -0.340. The van der Waals surface area contributed by atoms with Gasteiger partial charge in [-0.3, -0.25) is 0 Å². The minimum Gasteiger partial charge on any atom is -0.314 e. The fraction of sp³-hybridized carbons (Fsp3) is 0.778. The number of hydrogen-bond donors (Lipinski definition) is 1. The van der Waals surface area contributed by atoms with Crippen LogP contribution >= 0.6 is 11.3 Å². The maximum atomic E-state index is 3.78. The Kier molecular flexibility index (Phi) is 4.24. The van der Waals surface area contributed by atoms with E-state index in [1.807, 2.05) is 11.3 Å². The van der Waals surface area contributed by atoms with Crippen LogP contribution in [0.1, 0.15) is 63.7 Å². The van der Waals surface area contributed by atoms with Crippen molar-refractivity contribution in [3.63, 3.8) is 0 Å². The molecule has 1 heterocycles. The summed E-state index contributed by atoms with van der Waals surface area (Å²) in [6.07, 6.45) is 7.02. The molecule has 0 bridgehead atoms. The zero-order valence-corrected chi connectivity index (χ0v) is 14.0. The quantitative estimate of drug-likeness (QED) is 0.819. The van der Waals surface area contributed by atoms with Crippen LogP contribution in [0.2, 0.25) is 0 Å². The van der Waals surface area contributed by atoms with Gasteiger partial charge in [0.2, 0.25) is 0 Å². The molecule has 1 aromatic heterocycles. The van der Waals surface area contributed by atoms with Crippen LogP contribution in [0, 0.1) is 17.3 Å². The van der Waals surface area contributed by atoms with Crippen LogP contribution < -0.4 is 5.32 Å². The standard InChI is InChI=1S/C18H29NS/c1-18(2,3)14-7-6-13(12-19-15-8-9-15)16(11-14)17-5-4-10-20-17/h4-5,10,13-16,19H,6-9,11-12H2,1-3H3. The summed E-state index contributed by atoms with van der Waals surface area (Å²) in [7, 11) is 0. The van der Waals surface area contributed by atoms with Crippen LogP contribution in [-0.2, 0) is 0 Å². The first-order valence-corrected chi connectivity index (χ1v) is 9.19. The van der Waals surface area contributed by atoms with E-state index in [9.17, 15) is 0 Å². The third kappa shape index (κ3) is 3.46. The van der Waals surface area contributed by atoms with E-state index in [1.54, 1.807) is 4.88 Å². The Labute approximate surface area is 128 Å². The molecule has 2 aliphatic rings. The summed E-state index contributed by atoms with van der Waals surface area (Å²) in [6, 6.07) is 5.44. The summed E-state index contributed by atoms with van der Waals surface area (Å²) in [5, 5.41) is 6.03. The van der Waals surface area contributed by atoms with E-state index in [0.717, 1.165) is 23.8 Å². The predicted molar refractivity (Wildman–Crippen MR) is 88.4 cm³/mol. The molecule has 0 aromatic carbocycles. The van der Waals surface area contributed by atoms with Gasteiger partial charge in [-0.05, 0) is 73.3 Å². The van der Waals surface area contributed by atoms with E-state index < -0.39 is 0 Å². The molecule has 3 unspecified atom stereocenters. The minimum atomic E-state index is 0.463. The molecule has 1 aromatic rings. The van der Waals surface area contributed by atoms with Crippen LogP contribution in [0.15, 0.2) is 17.5 Å². The normalized spacial score (nSPS) is 31.4. The summed E-state index contributed by atoms with van der Waals surface area (Å²) >= 11 is 1.97. The highest BCUT2D eigenvalue weighted by Gasteiger charge is 2.37. The number of nitrogens with one attached hydrogen (secondary N) is 1. The van der Waals surface area contributed by atoms with Gasteiger partial charge in [-0.2, -0.15) is 0 Å². The van der Waals surface area contributed by atoms with Gasteiger partial charge in [0.15, 0.2) is 0 Å². The van der Waals surface area contributed by atoms with Crippen LogP contribution in [0.5, 0.6) is 0 Å². The van der Waals surface area contributed by atoms with Gasteiger partial charge in [-0.25, -0.2) is 0 Å². The van der Waals surface area contributed by atoms with Gasteiger partial charge in [0.25, 0.3) is 0 Å². The Morgan fingerprint density at radius 1 is 1.20 bits per heavy atom. The second-order valence-electron chi connectivity index (χ2n) is 7.94. The summed E-state index contributed by atoms with van der Waals surface area (Å²) < 4.78 is 0. The number of hydrogen-bond acceptors (Lipinski definition) is 2. The first-order chi connectivity index (χ1) is 9.54. The first kappa shape index (κ1) is 14.6. The highest BCUT2D eigenvalue weighted by Crippen LogP contribution is 2.47. The Balaban J connectivity index is 1.69. The Bertz CT molecular complexity index is 413. The van der Waals surface area contributed by atoms with Crippen LogP contribution in [-0.4, -0.2) is 12.6 Å². The molecule has 112 valence electrons. The molecule has 0 radical (unpaired) electrons. The van der Waals surface area contributed by atoms with Crippen molar-refractivity contribution in [2.45, 2.75) is 64.8 Å². The lowest BCUT2D eigenvalue weighted by atomic mass is 9.65. The molecule has 0 amide bonds. The average molecular weight is 292 g/mol. The van der Waals surface area contributed by atoms with Gasteiger partial charge < -0.3 is 5.32 Å². The second-order valence-corrected chi connectivity index (χ2v) is 8.92. The second kappa shape index (κ2) is 5.81. The molecule has 0 aliphatic heterocycles. The van der Waals surface area contributed by atoms with Crippen molar-refractivity contribution in [3.8, 4) is 0 Å². The van der Waals surface area contributed by atoms with E-state index >= 15 is 0 Å². The van der Waals surface area contributed by atoms with Crippen molar-refractivity contribution >= 4 is 11.3 Å². The molecule has 2 heteroatoms. The molecule has 3 atom stereocenters. The van der Waals surface area contributed by atoms with E-state index in [4.69, 9.17) is 0 Å². The molecule has 2 fully saturated rings. The van der Waals surface area contributed by atoms with Crippen LogP contribution in [0.4, 0.5) is 0 Å². The van der Waals surface area contributed by atoms with Crippen molar-refractivity contribution in [2.75, 3.05) is 6.54 Å². The van der Waals surface area contributed by atoms with Gasteiger partial charge in [-0.1, -0.05) is 26.8 Å². The van der Waals surface area contributed by atoms with Gasteiger partial charge in [0.1, 0.15) is 0 Å². The third-order valence-corrected chi connectivity index (χ3v) is 6.38. The molecule has 2 aliphatic carbocycles. The minimum absolute atomic E-state index is 0.463. The maximum Gasteiger partial charge on any atom is 0.00795 e. The topological polar surface area (TPSA) is 12.0 Å². The Morgan fingerprint density at radius 3 is 2.60 bits per heavy atom. The molecule has 1 nitrogen and oxygen atoms in total. The van der Waals surface area contributed by atoms with Crippen LogP contribution in [0.3, 0.4) is 0 Å². The van der Waals surface area contributed by atoms with E-state index in [2.05, 4.69) is 43.6 Å². The van der Waals surface area contributed by atoms with Crippen LogP contribution in [0.25, 0.3) is 0 Å². The SMILES string of the molecule is CC(C)(C)C1CCC(CNC2CC2)C(c2cccs2)C1. The molecular weight excluding hydrogens is 262 g/mol. The fourth-order valence-electron chi connectivity index (χ4n) is 3.72. The number of rotatable bonds is 4. The largest absolute Gasteiger partial charge is 0.314 e. The molecular formula is C18H29NS. The average Bonchev–Trinajstić information content (AvgIpc) is 3.07. The van der Waals surface area contributed by atoms with Crippen molar-refractivity contribution in [3.05, 3.63) is 22.4 Å². The maximum absolute atomic E-state index is 3.78. The van der Waals surface area contributed by atoms with Gasteiger partial charge in [-0.15, -0.1) is 11.3 Å². The monoisotopic (exact) mass is 291 g/mol. The van der Waals surface area contributed by atoms with Gasteiger partial charge in [0.05, 0.1) is 0 Å². The molecule has 0 saturated heterocycles. The van der Waals surface area contributed by atoms with Gasteiger partial charge in [0, 0.05) is 10.9 Å². The lowest BCUT2D eigenvalue weighted by molar-refractivity contribution is 0.130. The van der Waals surface area contributed by atoms with Crippen molar-refractivity contribution in [2.24, 2.45) is 17.3 Å². The smallest absolute Gasteiger partial charge is 0.00795 e. The Morgan fingerprint density at radius 2 is 2.00 bits per heavy atom. The first-order valence-electron chi connectivity index (χ1n) is 8.31. The van der Waals surface area contributed by atoms with E-state index in [0.29, 0.717) is 5.41 Å². The lowest BCUT2D eigenvalue weighted by Crippen LogP contribution is -2.36. The van der Waals surface area contributed by atoms with Crippen molar-refractivity contribution < 1.29 is 0 Å². The summed E-state index contributed by atoms with van der Waals surface area (Å²) in [4.78, 5) is 1.63. The highest BCUT2D eigenvalue weighted by molar-refractivity contribution is 7.10. The van der Waals surface area contributed by atoms with E-state index in [-0.39, 0.29) is 0 Å². The zero-order chi connectivity index (χ0) is 14.2. The van der Waals surface area contributed by atoms with Crippen molar-refractivity contribution in [1.29, 1.82) is 0 Å². The van der Waals surface area contributed by atoms with E-state index in [1.165, 1.54) is 38.6 Å². The zero-order valence-electron chi connectivity index (χ0n) is 13.2. The molecule has 20 heavy (non-hydrogen) atoms. The predicted octanol–water partition coefficient (Wildman–Crippen LogP) is 5.05. The fourth-order valence-corrected chi connectivity index (χ4v) is 4.66. The van der Waals surface area contributed by atoms with Gasteiger partial charge >= 0.3 is 0 Å².